The molecule has 11 heteroatoms. The number of hydrogen-bond acceptors (Lipinski definition) is 9. The molecular formula is C35H33ClN6O4. The molecule has 5 aromatic rings. The number of likely N-dealkylation sites (tertiary alicyclic amines) is 1. The molecule has 0 aliphatic carbocycles. The number of aromatic nitrogens is 2. The van der Waals surface area contributed by atoms with Gasteiger partial charge < -0.3 is 29.0 Å². The van der Waals surface area contributed by atoms with Crippen LogP contribution in [0.4, 0.5) is 5.82 Å². The Balaban J connectivity index is 1.42. The van der Waals surface area contributed by atoms with Crippen molar-refractivity contribution in [3.8, 4) is 29.0 Å². The summed E-state index contributed by atoms with van der Waals surface area (Å²) in [5, 5.41) is 23.9. The van der Waals surface area contributed by atoms with E-state index in [9.17, 15) is 15.2 Å². The fourth-order valence-corrected chi connectivity index (χ4v) is 7.12. The number of piperazine rings is 1. The third-order valence-electron chi connectivity index (χ3n) is 9.24. The van der Waals surface area contributed by atoms with E-state index in [4.69, 9.17) is 30.7 Å². The Morgan fingerprint density at radius 3 is 2.83 bits per heavy atom. The van der Waals surface area contributed by atoms with Crippen molar-refractivity contribution in [1.29, 1.82) is 5.26 Å². The van der Waals surface area contributed by atoms with Crippen LogP contribution < -0.4 is 9.64 Å². The number of carbonyl (C=O) groups is 1. The van der Waals surface area contributed by atoms with Gasteiger partial charge in [0, 0.05) is 36.6 Å². The minimum absolute atomic E-state index is 0.0179. The van der Waals surface area contributed by atoms with E-state index in [-0.39, 0.29) is 41.2 Å². The molecule has 2 aliphatic heterocycles. The molecule has 0 radical (unpaired) electrons. The maximum Gasteiger partial charge on any atom is 0.319 e. The molecule has 2 aliphatic rings. The average Bonchev–Trinajstić information content (AvgIpc) is 3.72. The normalized spacial score (nSPS) is 18.8. The van der Waals surface area contributed by atoms with Crippen molar-refractivity contribution in [2.24, 2.45) is 0 Å². The predicted octanol–water partition coefficient (Wildman–Crippen LogP) is 6.15. The topological polar surface area (TPSA) is 119 Å². The van der Waals surface area contributed by atoms with Crippen LogP contribution in [-0.4, -0.2) is 82.7 Å². The highest BCUT2D eigenvalue weighted by atomic mass is 35.5. The average molecular weight is 637 g/mol. The Morgan fingerprint density at radius 2 is 2.04 bits per heavy atom. The summed E-state index contributed by atoms with van der Waals surface area (Å²) in [5.74, 6) is 0.382. The maximum absolute atomic E-state index is 12.6. The zero-order chi connectivity index (χ0) is 31.9. The predicted molar refractivity (Wildman–Crippen MR) is 178 cm³/mol. The number of furan rings is 1. The number of nitrogens with zero attached hydrogens (tertiary/aromatic N) is 6. The number of carbonyl (C=O) groups excluding carboxylic acids is 1. The highest BCUT2D eigenvalue weighted by Gasteiger charge is 2.32. The molecule has 7 rings (SSSR count). The first-order valence-corrected chi connectivity index (χ1v) is 15.8. The molecule has 0 spiro atoms. The molecule has 4 heterocycles. The van der Waals surface area contributed by atoms with Gasteiger partial charge in [-0.3, -0.25) is 4.79 Å². The monoisotopic (exact) mass is 636 g/mol. The number of halogens is 1. The lowest BCUT2D eigenvalue weighted by Crippen LogP contribution is -2.55. The first kappa shape index (κ1) is 29.8. The molecule has 2 saturated heterocycles. The largest absolute Gasteiger partial charge is 0.506 e. The Morgan fingerprint density at radius 1 is 1.20 bits per heavy atom. The van der Waals surface area contributed by atoms with Crippen LogP contribution in [0.15, 0.2) is 65.8 Å². The van der Waals surface area contributed by atoms with Crippen LogP contribution in [0.2, 0.25) is 5.02 Å². The van der Waals surface area contributed by atoms with Gasteiger partial charge in [0.2, 0.25) is 5.91 Å². The number of likely N-dealkylation sites (N-methyl/N-ethyl adjacent to an activating group) is 1. The molecule has 2 atom stereocenters. The smallest absolute Gasteiger partial charge is 0.319 e. The number of rotatable bonds is 7. The lowest BCUT2D eigenvalue weighted by atomic mass is 9.94. The summed E-state index contributed by atoms with van der Waals surface area (Å²) in [5.41, 5.74) is 2.58. The first-order valence-electron chi connectivity index (χ1n) is 15.4. The number of nitriles is 1. The molecular weight excluding hydrogens is 604 g/mol. The summed E-state index contributed by atoms with van der Waals surface area (Å²) in [6, 6.07) is 15.6. The molecule has 234 valence electrons. The van der Waals surface area contributed by atoms with Crippen LogP contribution in [0.3, 0.4) is 0 Å². The summed E-state index contributed by atoms with van der Waals surface area (Å²) in [6.07, 6.45) is 5.22. The molecule has 0 unspecified atom stereocenters. The van der Waals surface area contributed by atoms with Crippen LogP contribution in [0, 0.1) is 11.3 Å². The number of aromatic hydroxyl groups is 1. The number of phenols is 1. The third kappa shape index (κ3) is 5.15. The summed E-state index contributed by atoms with van der Waals surface area (Å²) < 4.78 is 12.4. The van der Waals surface area contributed by atoms with E-state index in [1.807, 2.05) is 36.4 Å². The summed E-state index contributed by atoms with van der Waals surface area (Å²) >= 11 is 6.83. The zero-order valence-corrected chi connectivity index (χ0v) is 26.2. The van der Waals surface area contributed by atoms with Gasteiger partial charge in [-0.15, -0.1) is 0 Å². The molecule has 46 heavy (non-hydrogen) atoms. The number of ether oxygens (including phenoxy) is 1. The summed E-state index contributed by atoms with van der Waals surface area (Å²) in [6.45, 7) is 6.37. The van der Waals surface area contributed by atoms with Crippen LogP contribution in [0.5, 0.6) is 11.8 Å². The Hall–Kier alpha value is -4.85. The first-order chi connectivity index (χ1) is 22.4. The fraction of sp³-hybridized carbons (Fsp3) is 0.314. The van der Waals surface area contributed by atoms with Gasteiger partial charge in [-0.1, -0.05) is 42.4 Å². The van der Waals surface area contributed by atoms with Crippen molar-refractivity contribution in [1.82, 2.24) is 19.8 Å². The lowest BCUT2D eigenvalue weighted by molar-refractivity contribution is -0.128. The summed E-state index contributed by atoms with van der Waals surface area (Å²) in [7, 11) is 2.09. The van der Waals surface area contributed by atoms with Crippen molar-refractivity contribution in [2.45, 2.75) is 31.3 Å². The number of fused-ring (bicyclic) bond motifs is 4. The zero-order valence-electron chi connectivity index (χ0n) is 25.4. The van der Waals surface area contributed by atoms with Gasteiger partial charge in [0.25, 0.3) is 0 Å². The van der Waals surface area contributed by atoms with Crippen molar-refractivity contribution in [3.05, 3.63) is 66.4 Å². The van der Waals surface area contributed by atoms with Crippen molar-refractivity contribution in [3.63, 3.8) is 0 Å². The molecule has 2 fully saturated rings. The van der Waals surface area contributed by atoms with Gasteiger partial charge >= 0.3 is 6.01 Å². The highest BCUT2D eigenvalue weighted by Crippen LogP contribution is 2.46. The number of amides is 1. The second-order valence-electron chi connectivity index (χ2n) is 11.9. The quantitative estimate of drug-likeness (QED) is 0.210. The number of phenolic OH excluding ortho intramolecular Hbond substituents is 1. The Bertz CT molecular complexity index is 2040. The van der Waals surface area contributed by atoms with Crippen molar-refractivity contribution < 1.29 is 19.1 Å². The summed E-state index contributed by atoms with van der Waals surface area (Å²) in [4.78, 5) is 28.5. The van der Waals surface area contributed by atoms with Gasteiger partial charge in [-0.05, 0) is 67.0 Å². The van der Waals surface area contributed by atoms with Crippen LogP contribution in [-0.2, 0) is 4.79 Å². The van der Waals surface area contributed by atoms with E-state index < -0.39 is 0 Å². The van der Waals surface area contributed by atoms with Gasteiger partial charge in [-0.2, -0.15) is 15.2 Å². The standard InChI is InChI=1S/C35H33ClN6O4/c1-3-29(44)42-15-14-41(19-22(42)10-12-37)34-31-27(38-35(39-34)46-20-23-8-6-13-40(23)2)18-26(25-11-16-45-33(25)31)30-24-9-5-4-7-21(24)17-28(43)32(30)36/h3-5,7,9,11,16-18,22-23,43H,1,6,8,10,13-15,19-20H2,2H3/t22-,23-/m0/s1. The van der Waals surface area contributed by atoms with Gasteiger partial charge in [0.05, 0.1) is 40.7 Å². The molecule has 3 aromatic carbocycles. The van der Waals surface area contributed by atoms with Gasteiger partial charge in [0.15, 0.2) is 0 Å². The van der Waals surface area contributed by atoms with Gasteiger partial charge in [-0.25, -0.2) is 0 Å². The van der Waals surface area contributed by atoms with Gasteiger partial charge in [0.1, 0.15) is 23.8 Å². The third-order valence-corrected chi connectivity index (χ3v) is 9.62. The SMILES string of the molecule is C=CC(=O)N1CCN(c2nc(OC[C@@H]3CCCN3C)nc3cc(-c4c(Cl)c(O)cc5ccccc45)c4ccoc4c23)C[C@@H]1CC#N. The fourth-order valence-electron chi connectivity index (χ4n) is 6.86. The van der Waals surface area contributed by atoms with Crippen LogP contribution in [0.1, 0.15) is 19.3 Å². The minimum atomic E-state index is -0.352. The Labute approximate surface area is 271 Å². The molecule has 2 aromatic heterocycles. The van der Waals surface area contributed by atoms with Crippen LogP contribution in [0.25, 0.3) is 43.8 Å². The second kappa shape index (κ2) is 12.2. The van der Waals surface area contributed by atoms with E-state index >= 15 is 0 Å². The van der Waals surface area contributed by atoms with Crippen molar-refractivity contribution in [2.75, 3.05) is 44.7 Å². The minimum Gasteiger partial charge on any atom is -0.506 e. The van der Waals surface area contributed by atoms with E-state index in [1.54, 1.807) is 17.2 Å². The number of benzene rings is 3. The van der Waals surface area contributed by atoms with E-state index in [1.165, 1.54) is 6.08 Å². The number of anilines is 1. The number of hydrogen-bond donors (Lipinski definition) is 1. The van der Waals surface area contributed by atoms with E-state index in [2.05, 4.69) is 29.5 Å². The van der Waals surface area contributed by atoms with E-state index in [0.29, 0.717) is 54.1 Å². The van der Waals surface area contributed by atoms with Crippen molar-refractivity contribution >= 4 is 56.0 Å². The molecule has 1 N–H and O–H groups in total. The lowest BCUT2D eigenvalue weighted by Gasteiger charge is -2.41. The molecule has 0 saturated carbocycles. The highest BCUT2D eigenvalue weighted by molar-refractivity contribution is 6.37. The molecule has 1 amide bonds. The molecule has 0 bridgehead atoms. The Kier molecular flexibility index (Phi) is 7.89. The van der Waals surface area contributed by atoms with E-state index in [0.717, 1.165) is 41.1 Å². The molecule has 10 nitrogen and oxygen atoms in total. The maximum atomic E-state index is 12.6. The van der Waals surface area contributed by atoms with Crippen LogP contribution >= 0.6 is 11.6 Å². The second-order valence-corrected chi connectivity index (χ2v) is 12.3.